The van der Waals surface area contributed by atoms with Gasteiger partial charge in [-0.1, -0.05) is 36.4 Å². The SMILES string of the molecule is N#Cc1ccc(OCC(=O)N2CCCc3cc(NS(=O)(=O)c4cccc5ccccc45)ccc32)cc1. The Balaban J connectivity index is 1.33. The molecule has 7 nitrogen and oxygen atoms in total. The predicted octanol–water partition coefficient (Wildman–Crippen LogP) is 4.87. The molecule has 0 saturated heterocycles. The van der Waals surface area contributed by atoms with Crippen molar-refractivity contribution in [3.8, 4) is 11.8 Å². The molecule has 4 aromatic carbocycles. The first-order chi connectivity index (χ1) is 17.4. The number of fused-ring (bicyclic) bond motifs is 2. The van der Waals surface area contributed by atoms with Gasteiger partial charge in [-0.05, 0) is 72.3 Å². The molecule has 0 unspecified atom stereocenters. The van der Waals surface area contributed by atoms with Crippen LogP contribution >= 0.6 is 0 Å². The normalized spacial score (nSPS) is 13.0. The molecule has 36 heavy (non-hydrogen) atoms. The molecular formula is C28H23N3O4S. The summed E-state index contributed by atoms with van der Waals surface area (Å²) in [5, 5.41) is 10.4. The fourth-order valence-corrected chi connectivity index (χ4v) is 5.69. The quantitative estimate of drug-likeness (QED) is 0.410. The number of sulfonamides is 1. The van der Waals surface area contributed by atoms with Crippen LogP contribution in [0.25, 0.3) is 10.8 Å². The van der Waals surface area contributed by atoms with Crippen molar-refractivity contribution in [2.24, 2.45) is 0 Å². The fourth-order valence-electron chi connectivity index (χ4n) is 4.41. The summed E-state index contributed by atoms with van der Waals surface area (Å²) in [6.07, 6.45) is 1.49. The van der Waals surface area contributed by atoms with E-state index in [0.29, 0.717) is 28.9 Å². The first kappa shape index (κ1) is 23.4. The van der Waals surface area contributed by atoms with E-state index in [2.05, 4.69) is 4.72 Å². The van der Waals surface area contributed by atoms with Crippen molar-refractivity contribution >= 4 is 38.1 Å². The van der Waals surface area contributed by atoms with Gasteiger partial charge >= 0.3 is 0 Å². The molecule has 0 atom stereocenters. The highest BCUT2D eigenvalue weighted by Gasteiger charge is 2.24. The van der Waals surface area contributed by atoms with Crippen LogP contribution in [0.4, 0.5) is 11.4 Å². The largest absolute Gasteiger partial charge is 0.484 e. The molecule has 0 spiro atoms. The Bertz CT molecular complexity index is 1590. The molecule has 0 bridgehead atoms. The number of nitriles is 1. The molecule has 1 amide bonds. The Kier molecular flexibility index (Phi) is 6.32. The maximum absolute atomic E-state index is 13.2. The summed E-state index contributed by atoms with van der Waals surface area (Å²) in [6.45, 7) is 0.421. The molecule has 1 heterocycles. The number of rotatable bonds is 6. The van der Waals surface area contributed by atoms with E-state index >= 15 is 0 Å². The third kappa shape index (κ3) is 4.74. The zero-order chi connectivity index (χ0) is 25.1. The molecule has 0 aliphatic carbocycles. The van der Waals surface area contributed by atoms with E-state index in [1.54, 1.807) is 65.6 Å². The Morgan fingerprint density at radius 2 is 1.78 bits per heavy atom. The number of hydrogen-bond acceptors (Lipinski definition) is 5. The molecule has 4 aromatic rings. The lowest BCUT2D eigenvalue weighted by Crippen LogP contribution is -2.38. The van der Waals surface area contributed by atoms with Crippen LogP contribution in [-0.2, 0) is 21.2 Å². The van der Waals surface area contributed by atoms with Crippen LogP contribution in [0.15, 0.2) is 89.8 Å². The smallest absolute Gasteiger partial charge is 0.264 e. The van der Waals surface area contributed by atoms with Crippen LogP contribution in [-0.4, -0.2) is 27.5 Å². The van der Waals surface area contributed by atoms with Crippen molar-refractivity contribution in [2.75, 3.05) is 22.8 Å². The van der Waals surface area contributed by atoms with Crippen molar-refractivity contribution < 1.29 is 17.9 Å². The summed E-state index contributed by atoms with van der Waals surface area (Å²) < 4.78 is 34.7. The van der Waals surface area contributed by atoms with Gasteiger partial charge in [-0.25, -0.2) is 8.42 Å². The molecule has 0 fully saturated rings. The third-order valence-electron chi connectivity index (χ3n) is 6.14. The number of benzene rings is 4. The van der Waals surface area contributed by atoms with Crippen molar-refractivity contribution in [3.05, 3.63) is 96.1 Å². The average molecular weight is 498 g/mol. The maximum atomic E-state index is 13.2. The second-order valence-corrected chi connectivity index (χ2v) is 10.2. The number of nitrogens with zero attached hydrogens (tertiary/aromatic N) is 2. The van der Waals surface area contributed by atoms with Gasteiger partial charge < -0.3 is 9.64 Å². The van der Waals surface area contributed by atoms with Crippen molar-refractivity contribution in [1.82, 2.24) is 0 Å². The first-order valence-corrected chi connectivity index (χ1v) is 13.0. The van der Waals surface area contributed by atoms with Gasteiger partial charge in [0, 0.05) is 23.3 Å². The Morgan fingerprint density at radius 1 is 1.00 bits per heavy atom. The van der Waals surface area contributed by atoms with Crippen LogP contribution < -0.4 is 14.4 Å². The lowest BCUT2D eigenvalue weighted by atomic mass is 10.0. The van der Waals surface area contributed by atoms with E-state index in [0.717, 1.165) is 29.5 Å². The van der Waals surface area contributed by atoms with Crippen LogP contribution in [0.5, 0.6) is 5.75 Å². The first-order valence-electron chi connectivity index (χ1n) is 11.5. The highest BCUT2D eigenvalue weighted by molar-refractivity contribution is 7.93. The number of anilines is 2. The van der Waals surface area contributed by atoms with Gasteiger partial charge in [0.05, 0.1) is 16.5 Å². The van der Waals surface area contributed by atoms with Gasteiger partial charge in [0.1, 0.15) is 5.75 Å². The molecule has 0 saturated carbocycles. The van der Waals surface area contributed by atoms with Crippen molar-refractivity contribution in [3.63, 3.8) is 0 Å². The number of aryl methyl sites for hydroxylation is 1. The van der Waals surface area contributed by atoms with E-state index in [9.17, 15) is 13.2 Å². The minimum atomic E-state index is -3.81. The number of carbonyl (C=O) groups is 1. The summed E-state index contributed by atoms with van der Waals surface area (Å²) in [6, 6.07) is 26.4. The summed E-state index contributed by atoms with van der Waals surface area (Å²) in [5.74, 6) is 0.321. The highest BCUT2D eigenvalue weighted by atomic mass is 32.2. The number of amides is 1. The van der Waals surface area contributed by atoms with Crippen molar-refractivity contribution in [1.29, 1.82) is 5.26 Å². The number of nitrogens with one attached hydrogen (secondary N) is 1. The van der Waals surface area contributed by atoms with Crippen LogP contribution in [0.2, 0.25) is 0 Å². The Labute approximate surface area is 209 Å². The minimum absolute atomic E-state index is 0.138. The van der Waals surface area contributed by atoms with Gasteiger partial charge in [0.2, 0.25) is 0 Å². The third-order valence-corrected chi connectivity index (χ3v) is 7.58. The molecule has 180 valence electrons. The number of ether oxygens (including phenoxy) is 1. The molecule has 8 heteroatoms. The summed E-state index contributed by atoms with van der Waals surface area (Å²) in [7, 11) is -3.81. The van der Waals surface area contributed by atoms with E-state index in [1.807, 2.05) is 30.3 Å². The van der Waals surface area contributed by atoms with Crippen molar-refractivity contribution in [2.45, 2.75) is 17.7 Å². The van der Waals surface area contributed by atoms with E-state index < -0.39 is 10.0 Å². The predicted molar refractivity (Wildman–Crippen MR) is 139 cm³/mol. The molecule has 1 N–H and O–H groups in total. The average Bonchev–Trinajstić information content (AvgIpc) is 2.91. The molecule has 5 rings (SSSR count). The zero-order valence-electron chi connectivity index (χ0n) is 19.3. The standard InChI is InChI=1S/C28H23N3O4S/c29-18-20-10-13-24(14-11-20)35-19-28(32)31-16-4-7-22-17-23(12-15-26(22)31)30-36(33,34)27-9-3-6-21-5-1-2-8-25(21)27/h1-3,5-6,8-15,17,30H,4,7,16,19H2. The second-order valence-electron chi connectivity index (χ2n) is 8.50. The molecular weight excluding hydrogens is 474 g/mol. The summed E-state index contributed by atoms with van der Waals surface area (Å²) in [5.41, 5.74) is 2.62. The van der Waals surface area contributed by atoms with E-state index in [-0.39, 0.29) is 17.4 Å². The summed E-state index contributed by atoms with van der Waals surface area (Å²) in [4.78, 5) is 14.8. The molecule has 0 radical (unpaired) electrons. The second kappa shape index (κ2) is 9.72. The number of carbonyl (C=O) groups excluding carboxylic acids is 1. The zero-order valence-corrected chi connectivity index (χ0v) is 20.2. The Hall–Kier alpha value is -4.35. The minimum Gasteiger partial charge on any atom is -0.484 e. The highest BCUT2D eigenvalue weighted by Crippen LogP contribution is 2.32. The fraction of sp³-hybridized carbons (Fsp3) is 0.143. The van der Waals surface area contributed by atoms with Crippen LogP contribution in [0, 0.1) is 11.3 Å². The van der Waals surface area contributed by atoms with Gasteiger partial charge in [-0.15, -0.1) is 0 Å². The lowest BCUT2D eigenvalue weighted by molar-refractivity contribution is -0.120. The number of hydrogen-bond donors (Lipinski definition) is 1. The Morgan fingerprint density at radius 3 is 2.58 bits per heavy atom. The van der Waals surface area contributed by atoms with Gasteiger partial charge in [-0.2, -0.15) is 5.26 Å². The molecule has 0 aromatic heterocycles. The monoisotopic (exact) mass is 497 g/mol. The maximum Gasteiger partial charge on any atom is 0.264 e. The molecule has 1 aliphatic rings. The van der Waals surface area contributed by atoms with E-state index in [1.165, 1.54) is 0 Å². The summed E-state index contributed by atoms with van der Waals surface area (Å²) >= 11 is 0. The molecule has 1 aliphatic heterocycles. The van der Waals surface area contributed by atoms with Crippen LogP contribution in [0.1, 0.15) is 17.5 Å². The van der Waals surface area contributed by atoms with Gasteiger partial charge in [0.15, 0.2) is 6.61 Å². The lowest BCUT2D eigenvalue weighted by Gasteiger charge is -2.30. The van der Waals surface area contributed by atoms with Gasteiger partial charge in [0.25, 0.3) is 15.9 Å². The van der Waals surface area contributed by atoms with Gasteiger partial charge in [-0.3, -0.25) is 9.52 Å². The van der Waals surface area contributed by atoms with E-state index in [4.69, 9.17) is 10.00 Å². The topological polar surface area (TPSA) is 99.5 Å². The van der Waals surface area contributed by atoms with Crippen LogP contribution in [0.3, 0.4) is 0 Å².